The Hall–Kier alpha value is -4.58. The lowest BCUT2D eigenvalue weighted by atomic mass is 10.2. The standard InChI is InChI=1S/C32H32N2O4/c1-35-29-13-5-25(6-14-29)23-33-27-9-17-31(18-10-27)37-21-3-4-22-38-32-19-11-28(12-20-32)34-24-26-7-15-30(36-2)16-8-26/h5-20,23-24H,3-4,21-22H2,1-2H3. The van der Waals surface area contributed by atoms with Gasteiger partial charge in [0.25, 0.3) is 0 Å². The largest absolute Gasteiger partial charge is 0.497 e. The van der Waals surface area contributed by atoms with Crippen molar-refractivity contribution >= 4 is 23.8 Å². The number of hydrogen-bond acceptors (Lipinski definition) is 6. The smallest absolute Gasteiger partial charge is 0.119 e. The number of rotatable bonds is 13. The van der Waals surface area contributed by atoms with Crippen molar-refractivity contribution in [1.82, 2.24) is 0 Å². The highest BCUT2D eigenvalue weighted by molar-refractivity contribution is 5.82. The highest BCUT2D eigenvalue weighted by Gasteiger charge is 1.98. The molecule has 0 fully saturated rings. The number of methoxy groups -OCH3 is 2. The molecule has 38 heavy (non-hydrogen) atoms. The Bertz CT molecular complexity index is 1190. The van der Waals surface area contributed by atoms with Crippen LogP contribution in [0.2, 0.25) is 0 Å². The van der Waals surface area contributed by atoms with E-state index < -0.39 is 0 Å². The first-order chi connectivity index (χ1) is 18.7. The molecule has 6 heteroatoms. The molecule has 4 aromatic rings. The second kappa shape index (κ2) is 14.2. The fourth-order valence-electron chi connectivity index (χ4n) is 3.52. The van der Waals surface area contributed by atoms with Crippen LogP contribution in [0.5, 0.6) is 23.0 Å². The molecule has 4 rings (SSSR count). The number of aliphatic imine (C=N–C) groups is 2. The second-order valence-corrected chi connectivity index (χ2v) is 8.45. The van der Waals surface area contributed by atoms with Crippen molar-refractivity contribution in [2.45, 2.75) is 12.8 Å². The normalized spacial score (nSPS) is 11.1. The van der Waals surface area contributed by atoms with Gasteiger partial charge in [0.2, 0.25) is 0 Å². The topological polar surface area (TPSA) is 61.6 Å². The number of ether oxygens (including phenoxy) is 4. The monoisotopic (exact) mass is 508 g/mol. The van der Waals surface area contributed by atoms with Crippen LogP contribution < -0.4 is 18.9 Å². The first-order valence-electron chi connectivity index (χ1n) is 12.5. The third-order valence-corrected chi connectivity index (χ3v) is 5.71. The van der Waals surface area contributed by atoms with Gasteiger partial charge in [0.15, 0.2) is 0 Å². The van der Waals surface area contributed by atoms with Gasteiger partial charge < -0.3 is 18.9 Å². The Morgan fingerprint density at radius 2 is 0.816 bits per heavy atom. The molecule has 194 valence electrons. The van der Waals surface area contributed by atoms with Crippen molar-refractivity contribution < 1.29 is 18.9 Å². The van der Waals surface area contributed by atoms with E-state index in [9.17, 15) is 0 Å². The molecular formula is C32H32N2O4. The van der Waals surface area contributed by atoms with Crippen LogP contribution in [0.3, 0.4) is 0 Å². The van der Waals surface area contributed by atoms with E-state index in [0.29, 0.717) is 13.2 Å². The molecule has 0 radical (unpaired) electrons. The molecule has 0 aliphatic heterocycles. The average Bonchev–Trinajstić information content (AvgIpc) is 2.98. The van der Waals surface area contributed by atoms with E-state index in [4.69, 9.17) is 18.9 Å². The molecule has 0 heterocycles. The van der Waals surface area contributed by atoms with Gasteiger partial charge >= 0.3 is 0 Å². The summed E-state index contributed by atoms with van der Waals surface area (Å²) in [5.74, 6) is 3.33. The van der Waals surface area contributed by atoms with Gasteiger partial charge in [-0.05, 0) is 121 Å². The molecule has 0 saturated heterocycles. The van der Waals surface area contributed by atoms with Crippen LogP contribution in [0, 0.1) is 0 Å². The van der Waals surface area contributed by atoms with Gasteiger partial charge in [-0.25, -0.2) is 0 Å². The van der Waals surface area contributed by atoms with Gasteiger partial charge in [-0.15, -0.1) is 0 Å². The fourth-order valence-corrected chi connectivity index (χ4v) is 3.52. The minimum absolute atomic E-state index is 0.636. The van der Waals surface area contributed by atoms with Crippen molar-refractivity contribution in [3.05, 3.63) is 108 Å². The molecule has 0 unspecified atom stereocenters. The van der Waals surface area contributed by atoms with Crippen LogP contribution in [-0.4, -0.2) is 39.9 Å². The van der Waals surface area contributed by atoms with Crippen molar-refractivity contribution in [2.24, 2.45) is 9.98 Å². The number of benzene rings is 4. The Labute approximate surface area is 224 Å². The predicted octanol–water partition coefficient (Wildman–Crippen LogP) is 7.44. The minimum atomic E-state index is 0.636. The summed E-state index contributed by atoms with van der Waals surface area (Å²) >= 11 is 0. The third kappa shape index (κ3) is 8.52. The predicted molar refractivity (Wildman–Crippen MR) is 154 cm³/mol. The van der Waals surface area contributed by atoms with Crippen LogP contribution in [0.1, 0.15) is 24.0 Å². The lowest BCUT2D eigenvalue weighted by Crippen LogP contribution is -2.02. The molecule has 0 amide bonds. The molecule has 6 nitrogen and oxygen atoms in total. The van der Waals surface area contributed by atoms with E-state index in [1.165, 1.54) is 0 Å². The molecule has 0 spiro atoms. The first-order valence-corrected chi connectivity index (χ1v) is 12.5. The van der Waals surface area contributed by atoms with E-state index in [2.05, 4.69) is 9.98 Å². The molecule has 0 aliphatic rings. The van der Waals surface area contributed by atoms with Crippen LogP contribution >= 0.6 is 0 Å². The van der Waals surface area contributed by atoms with Crippen molar-refractivity contribution in [3.63, 3.8) is 0 Å². The summed E-state index contributed by atoms with van der Waals surface area (Å²) in [6.45, 7) is 1.27. The Balaban J connectivity index is 1.11. The third-order valence-electron chi connectivity index (χ3n) is 5.71. The van der Waals surface area contributed by atoms with Gasteiger partial charge in [-0.2, -0.15) is 0 Å². The number of nitrogens with zero attached hydrogens (tertiary/aromatic N) is 2. The summed E-state index contributed by atoms with van der Waals surface area (Å²) in [7, 11) is 3.31. The molecule has 0 saturated carbocycles. The molecule has 4 aromatic carbocycles. The highest BCUT2D eigenvalue weighted by atomic mass is 16.5. The van der Waals surface area contributed by atoms with Crippen molar-refractivity contribution in [1.29, 1.82) is 0 Å². The Kier molecular flexibility index (Phi) is 9.92. The van der Waals surface area contributed by atoms with Gasteiger partial charge in [-0.1, -0.05) is 0 Å². The molecule has 0 bridgehead atoms. The zero-order valence-electron chi connectivity index (χ0n) is 21.7. The fraction of sp³-hybridized carbons (Fsp3) is 0.188. The maximum Gasteiger partial charge on any atom is 0.119 e. The highest BCUT2D eigenvalue weighted by Crippen LogP contribution is 2.20. The number of unbranched alkanes of at least 4 members (excludes halogenated alkanes) is 1. The lowest BCUT2D eigenvalue weighted by molar-refractivity contribution is 0.266. The summed E-state index contributed by atoms with van der Waals surface area (Å²) in [6, 6.07) is 31.1. The zero-order chi connectivity index (χ0) is 26.4. The maximum absolute atomic E-state index is 5.85. The van der Waals surface area contributed by atoms with Crippen LogP contribution in [-0.2, 0) is 0 Å². The van der Waals surface area contributed by atoms with Crippen LogP contribution in [0.25, 0.3) is 0 Å². The second-order valence-electron chi connectivity index (χ2n) is 8.45. The van der Waals surface area contributed by atoms with Crippen molar-refractivity contribution in [2.75, 3.05) is 27.4 Å². The number of hydrogen-bond donors (Lipinski definition) is 0. The van der Waals surface area contributed by atoms with Gasteiger partial charge in [0.05, 0.1) is 38.8 Å². The van der Waals surface area contributed by atoms with Crippen LogP contribution in [0.4, 0.5) is 11.4 Å². The molecule has 0 aromatic heterocycles. The quantitative estimate of drug-likeness (QED) is 0.139. The van der Waals surface area contributed by atoms with E-state index in [-0.39, 0.29) is 0 Å². The summed E-state index contributed by atoms with van der Waals surface area (Å²) < 4.78 is 22.0. The average molecular weight is 509 g/mol. The molecular weight excluding hydrogens is 476 g/mol. The molecule has 0 aliphatic carbocycles. The minimum Gasteiger partial charge on any atom is -0.497 e. The molecule has 0 N–H and O–H groups in total. The van der Waals surface area contributed by atoms with Crippen LogP contribution in [0.15, 0.2) is 107 Å². The Morgan fingerprint density at radius 1 is 0.474 bits per heavy atom. The SMILES string of the molecule is COc1ccc(C=Nc2ccc(OCCCCOc3ccc(N=Cc4ccc(OC)cc4)cc3)cc2)cc1. The maximum atomic E-state index is 5.85. The van der Waals surface area contributed by atoms with E-state index in [0.717, 1.165) is 58.3 Å². The zero-order valence-corrected chi connectivity index (χ0v) is 21.7. The lowest BCUT2D eigenvalue weighted by Gasteiger charge is -2.08. The summed E-state index contributed by atoms with van der Waals surface area (Å²) in [4.78, 5) is 9.02. The summed E-state index contributed by atoms with van der Waals surface area (Å²) in [5, 5.41) is 0. The summed E-state index contributed by atoms with van der Waals surface area (Å²) in [5.41, 5.74) is 3.78. The van der Waals surface area contributed by atoms with Gasteiger partial charge in [-0.3, -0.25) is 9.98 Å². The molecule has 0 atom stereocenters. The van der Waals surface area contributed by atoms with Gasteiger partial charge in [0, 0.05) is 12.4 Å². The first kappa shape index (κ1) is 26.5. The van der Waals surface area contributed by atoms with E-state index >= 15 is 0 Å². The van der Waals surface area contributed by atoms with Gasteiger partial charge in [0.1, 0.15) is 23.0 Å². The van der Waals surface area contributed by atoms with E-state index in [1.54, 1.807) is 14.2 Å². The van der Waals surface area contributed by atoms with E-state index in [1.807, 2.05) is 109 Å². The Morgan fingerprint density at radius 3 is 1.16 bits per heavy atom. The van der Waals surface area contributed by atoms with Crippen molar-refractivity contribution in [3.8, 4) is 23.0 Å². The summed E-state index contributed by atoms with van der Waals surface area (Å²) in [6.07, 6.45) is 5.47.